The summed E-state index contributed by atoms with van der Waals surface area (Å²) >= 11 is 1.61. The number of carbonyl (C=O) groups excluding carboxylic acids is 2. The number of benzene rings is 1. The number of nitrogens with zero attached hydrogens (tertiary/aromatic N) is 2. The van der Waals surface area contributed by atoms with Crippen molar-refractivity contribution in [2.75, 3.05) is 25.4 Å². The van der Waals surface area contributed by atoms with Crippen LogP contribution in [0.1, 0.15) is 32.1 Å². The van der Waals surface area contributed by atoms with Gasteiger partial charge in [-0.2, -0.15) is 0 Å². The van der Waals surface area contributed by atoms with E-state index in [2.05, 4.69) is 9.80 Å². The molecule has 1 aromatic rings. The molecule has 2 atom stereocenters. The van der Waals surface area contributed by atoms with Crippen LogP contribution in [-0.4, -0.2) is 53.0 Å². The molecule has 1 aromatic carbocycles. The minimum Gasteiger partial charge on any atom is -0.340 e. The van der Waals surface area contributed by atoms with Gasteiger partial charge in [0.05, 0.1) is 5.75 Å². The molecule has 4 fully saturated rings. The van der Waals surface area contributed by atoms with Crippen molar-refractivity contribution in [1.29, 1.82) is 0 Å². The average molecular weight is 359 g/mol. The largest absolute Gasteiger partial charge is 0.340 e. The van der Waals surface area contributed by atoms with Gasteiger partial charge in [0.25, 0.3) is 0 Å². The first-order valence-electron chi connectivity index (χ1n) is 9.47. The Bertz CT molecular complexity index is 632. The molecule has 1 aliphatic carbocycles. The van der Waals surface area contributed by atoms with Gasteiger partial charge in [-0.3, -0.25) is 9.59 Å². The van der Waals surface area contributed by atoms with E-state index in [1.807, 2.05) is 30.3 Å². The topological polar surface area (TPSA) is 40.6 Å². The van der Waals surface area contributed by atoms with Crippen LogP contribution in [0.3, 0.4) is 0 Å². The number of hydrogen-bond acceptors (Lipinski definition) is 3. The van der Waals surface area contributed by atoms with Crippen LogP contribution >= 0.6 is 11.8 Å². The third-order valence-corrected chi connectivity index (χ3v) is 6.90. The van der Waals surface area contributed by atoms with Crippen molar-refractivity contribution < 1.29 is 9.59 Å². The normalized spacial score (nSPS) is 26.2. The van der Waals surface area contributed by atoms with Crippen molar-refractivity contribution in [1.82, 2.24) is 9.80 Å². The highest BCUT2D eigenvalue weighted by Gasteiger charge is 2.40. The Labute approximate surface area is 153 Å². The number of rotatable bonds is 4. The summed E-state index contributed by atoms with van der Waals surface area (Å²) in [4.78, 5) is 30.7. The van der Waals surface area contributed by atoms with Crippen molar-refractivity contribution >= 4 is 23.6 Å². The summed E-state index contributed by atoms with van der Waals surface area (Å²) in [5.74, 6) is 1.77. The lowest BCUT2D eigenvalue weighted by Crippen LogP contribution is -2.49. The Morgan fingerprint density at radius 3 is 2.52 bits per heavy atom. The third-order valence-electron chi connectivity index (χ3n) is 5.91. The summed E-state index contributed by atoms with van der Waals surface area (Å²) in [7, 11) is 0. The van der Waals surface area contributed by atoms with E-state index in [1.165, 1.54) is 6.42 Å². The number of amides is 2. The van der Waals surface area contributed by atoms with Gasteiger partial charge in [0.1, 0.15) is 0 Å². The lowest BCUT2D eigenvalue weighted by Gasteiger charge is -2.36. The van der Waals surface area contributed by atoms with Crippen LogP contribution < -0.4 is 0 Å². The molecule has 2 amide bonds. The van der Waals surface area contributed by atoms with Crippen molar-refractivity contribution in [3.63, 3.8) is 0 Å². The first kappa shape index (κ1) is 17.0. The van der Waals surface area contributed by atoms with E-state index >= 15 is 0 Å². The van der Waals surface area contributed by atoms with Crippen LogP contribution in [0.2, 0.25) is 0 Å². The zero-order chi connectivity index (χ0) is 17.2. The Hall–Kier alpha value is -1.49. The summed E-state index contributed by atoms with van der Waals surface area (Å²) < 4.78 is 0. The number of piperidine rings is 1. The van der Waals surface area contributed by atoms with Crippen LogP contribution in [0.25, 0.3) is 0 Å². The van der Waals surface area contributed by atoms with Crippen molar-refractivity contribution in [3.8, 4) is 0 Å². The second-order valence-corrected chi connectivity index (χ2v) is 8.66. The standard InChI is InChI=1S/C20H26N2O2S/c23-19(14-25-18-7-2-1-3-8-18)22-12-15-9-10-17(22)13-21(11-15)20(24)16-5-4-6-16/h1-3,7-8,15-17H,4-6,9-14H2. The van der Waals surface area contributed by atoms with Gasteiger partial charge in [0.15, 0.2) is 0 Å². The van der Waals surface area contributed by atoms with Gasteiger partial charge in [0, 0.05) is 36.5 Å². The van der Waals surface area contributed by atoms with Gasteiger partial charge >= 0.3 is 0 Å². The molecule has 4 nitrogen and oxygen atoms in total. The smallest absolute Gasteiger partial charge is 0.233 e. The molecule has 0 radical (unpaired) electrons. The van der Waals surface area contributed by atoms with Gasteiger partial charge in [-0.15, -0.1) is 11.8 Å². The molecular weight excluding hydrogens is 332 g/mol. The van der Waals surface area contributed by atoms with Crippen molar-refractivity contribution in [2.45, 2.75) is 43.0 Å². The molecule has 25 heavy (non-hydrogen) atoms. The first-order chi connectivity index (χ1) is 12.2. The van der Waals surface area contributed by atoms with Crippen molar-refractivity contribution in [3.05, 3.63) is 30.3 Å². The highest BCUT2D eigenvalue weighted by Crippen LogP contribution is 2.33. The van der Waals surface area contributed by atoms with Crippen LogP contribution in [0, 0.1) is 11.8 Å². The van der Waals surface area contributed by atoms with Crippen LogP contribution in [0.4, 0.5) is 0 Å². The quantitative estimate of drug-likeness (QED) is 0.777. The molecule has 134 valence electrons. The summed E-state index contributed by atoms with van der Waals surface area (Å²) in [6.07, 6.45) is 5.50. The maximum Gasteiger partial charge on any atom is 0.233 e. The lowest BCUT2D eigenvalue weighted by atomic mass is 9.84. The fourth-order valence-corrected chi connectivity index (χ4v) is 5.03. The van der Waals surface area contributed by atoms with Gasteiger partial charge in [0.2, 0.25) is 11.8 Å². The van der Waals surface area contributed by atoms with Gasteiger partial charge < -0.3 is 9.80 Å². The number of hydrogen-bond donors (Lipinski definition) is 0. The fourth-order valence-electron chi connectivity index (χ4n) is 4.23. The van der Waals surface area contributed by atoms with E-state index in [-0.39, 0.29) is 17.9 Å². The minimum atomic E-state index is 0.214. The predicted molar refractivity (Wildman–Crippen MR) is 99.3 cm³/mol. The number of carbonyl (C=O) groups is 2. The molecule has 3 heterocycles. The summed E-state index contributed by atoms with van der Waals surface area (Å²) in [6, 6.07) is 10.3. The van der Waals surface area contributed by atoms with E-state index in [1.54, 1.807) is 11.8 Å². The summed E-state index contributed by atoms with van der Waals surface area (Å²) in [5.41, 5.74) is 0. The van der Waals surface area contributed by atoms with Crippen LogP contribution in [0.5, 0.6) is 0 Å². The molecule has 4 aliphatic rings. The fraction of sp³-hybridized carbons (Fsp3) is 0.600. The molecule has 2 bridgehead atoms. The van der Waals surface area contributed by atoms with Gasteiger partial charge in [-0.25, -0.2) is 0 Å². The highest BCUT2D eigenvalue weighted by atomic mass is 32.2. The first-order valence-corrected chi connectivity index (χ1v) is 10.5. The van der Waals surface area contributed by atoms with Crippen molar-refractivity contribution in [2.24, 2.45) is 11.8 Å². The zero-order valence-corrected chi connectivity index (χ0v) is 15.4. The van der Waals surface area contributed by atoms with E-state index in [0.717, 1.165) is 50.2 Å². The summed E-state index contributed by atoms with van der Waals surface area (Å²) in [5, 5.41) is 0. The SMILES string of the molecule is O=C(C1CCC1)N1CC2CCC(C1)N(C(=O)CSc1ccccc1)C2. The molecule has 5 heteroatoms. The average Bonchev–Trinajstić information content (AvgIpc) is 2.91. The van der Waals surface area contributed by atoms with E-state index in [9.17, 15) is 9.59 Å². The number of thioether (sulfide) groups is 1. The molecule has 3 aliphatic heterocycles. The second kappa shape index (κ2) is 7.40. The van der Waals surface area contributed by atoms with E-state index in [0.29, 0.717) is 17.6 Å². The summed E-state index contributed by atoms with van der Waals surface area (Å²) in [6.45, 7) is 2.42. The maximum absolute atomic E-state index is 12.8. The Kier molecular flexibility index (Phi) is 5.02. The molecule has 1 saturated carbocycles. The van der Waals surface area contributed by atoms with E-state index < -0.39 is 0 Å². The molecule has 0 spiro atoms. The molecule has 0 aromatic heterocycles. The van der Waals surface area contributed by atoms with Crippen LogP contribution in [-0.2, 0) is 9.59 Å². The minimum absolute atomic E-state index is 0.214. The molecule has 3 saturated heterocycles. The molecule has 2 unspecified atom stereocenters. The number of fused-ring (bicyclic) bond motifs is 4. The Balaban J connectivity index is 1.38. The monoisotopic (exact) mass is 358 g/mol. The van der Waals surface area contributed by atoms with E-state index in [4.69, 9.17) is 0 Å². The molecule has 5 rings (SSSR count). The zero-order valence-electron chi connectivity index (χ0n) is 14.6. The van der Waals surface area contributed by atoms with Gasteiger partial charge in [-0.05, 0) is 43.7 Å². The Morgan fingerprint density at radius 1 is 1.00 bits per heavy atom. The molecular formula is C20H26N2O2S. The maximum atomic E-state index is 12.8. The van der Waals surface area contributed by atoms with Crippen LogP contribution in [0.15, 0.2) is 35.2 Å². The van der Waals surface area contributed by atoms with Gasteiger partial charge in [-0.1, -0.05) is 24.6 Å². The second-order valence-electron chi connectivity index (χ2n) is 7.62. The third kappa shape index (κ3) is 3.71. The molecule has 0 N–H and O–H groups in total. The highest BCUT2D eigenvalue weighted by molar-refractivity contribution is 8.00. The lowest BCUT2D eigenvalue weighted by molar-refractivity contribution is -0.139. The predicted octanol–water partition coefficient (Wildman–Crippen LogP) is 3.03. The Morgan fingerprint density at radius 2 is 1.80 bits per heavy atom.